The molecular formula is C22H26FN3O. The Balaban J connectivity index is 1.29. The van der Waals surface area contributed by atoms with Crippen molar-refractivity contribution in [3.63, 3.8) is 0 Å². The van der Waals surface area contributed by atoms with E-state index in [0.29, 0.717) is 25.0 Å². The molecule has 4 rings (SSSR count). The molecule has 2 aliphatic rings. The normalized spacial score (nSPS) is 19.1. The van der Waals surface area contributed by atoms with Gasteiger partial charge in [0.1, 0.15) is 5.82 Å². The van der Waals surface area contributed by atoms with Crippen LogP contribution in [0.15, 0.2) is 54.6 Å². The summed E-state index contributed by atoms with van der Waals surface area (Å²) in [6, 6.07) is 17.2. The first-order valence-corrected chi connectivity index (χ1v) is 9.78. The minimum atomic E-state index is -0.245. The molecule has 2 aromatic rings. The van der Waals surface area contributed by atoms with Crippen LogP contribution in [0.5, 0.6) is 0 Å². The highest BCUT2D eigenvalue weighted by Crippen LogP contribution is 2.29. The summed E-state index contributed by atoms with van der Waals surface area (Å²) in [5.74, 6) is 0.228. The van der Waals surface area contributed by atoms with Crippen molar-refractivity contribution >= 4 is 11.7 Å². The maximum absolute atomic E-state index is 13.1. The first kappa shape index (κ1) is 17.8. The molecule has 4 nitrogen and oxygen atoms in total. The molecule has 1 atom stereocenters. The van der Waals surface area contributed by atoms with Crippen molar-refractivity contribution in [2.45, 2.75) is 31.8 Å². The molecule has 2 amide bonds. The zero-order chi connectivity index (χ0) is 18.6. The molecule has 1 N–H and O–H groups in total. The summed E-state index contributed by atoms with van der Waals surface area (Å²) in [6.45, 7) is 3.25. The lowest BCUT2D eigenvalue weighted by molar-refractivity contribution is 0.190. The number of rotatable bonds is 6. The highest BCUT2D eigenvalue weighted by atomic mass is 19.1. The number of halogens is 1. The fourth-order valence-electron chi connectivity index (χ4n) is 3.75. The van der Waals surface area contributed by atoms with Crippen LogP contribution in [-0.2, 0) is 6.54 Å². The van der Waals surface area contributed by atoms with E-state index in [1.165, 1.54) is 17.8 Å². The predicted molar refractivity (Wildman–Crippen MR) is 105 cm³/mol. The number of anilines is 1. The van der Waals surface area contributed by atoms with Crippen molar-refractivity contribution in [3.05, 3.63) is 66.0 Å². The standard InChI is InChI=1S/C22H26FN3O/c23-19-8-6-17(7-9-19)16-26(21-10-11-21)22(27)24-14-18-12-13-25(15-18)20-4-2-1-3-5-20/h1-9,18,21H,10-16H2,(H,24,27). The van der Waals surface area contributed by atoms with Gasteiger partial charge in [-0.1, -0.05) is 30.3 Å². The van der Waals surface area contributed by atoms with E-state index in [0.717, 1.165) is 37.9 Å². The molecule has 5 heteroatoms. The molecule has 1 saturated heterocycles. The maximum atomic E-state index is 13.1. The summed E-state index contributed by atoms with van der Waals surface area (Å²) in [5.41, 5.74) is 2.22. The van der Waals surface area contributed by atoms with Crippen LogP contribution >= 0.6 is 0 Å². The van der Waals surface area contributed by atoms with E-state index < -0.39 is 0 Å². The van der Waals surface area contributed by atoms with Crippen molar-refractivity contribution in [1.29, 1.82) is 0 Å². The Labute approximate surface area is 160 Å². The molecule has 1 unspecified atom stereocenters. The second-order valence-electron chi connectivity index (χ2n) is 7.61. The molecule has 27 heavy (non-hydrogen) atoms. The first-order chi connectivity index (χ1) is 13.2. The molecule has 0 radical (unpaired) electrons. The van der Waals surface area contributed by atoms with Gasteiger partial charge in [0, 0.05) is 37.9 Å². The Morgan fingerprint density at radius 1 is 1.07 bits per heavy atom. The molecule has 1 saturated carbocycles. The lowest BCUT2D eigenvalue weighted by Gasteiger charge is -2.24. The Bertz CT molecular complexity index is 761. The van der Waals surface area contributed by atoms with Crippen LogP contribution in [-0.4, -0.2) is 36.6 Å². The second-order valence-corrected chi connectivity index (χ2v) is 7.61. The Kier molecular flexibility index (Phi) is 5.28. The van der Waals surface area contributed by atoms with Crippen LogP contribution in [0, 0.1) is 11.7 Å². The molecule has 0 aromatic heterocycles. The van der Waals surface area contributed by atoms with Crippen molar-refractivity contribution in [2.75, 3.05) is 24.5 Å². The number of nitrogens with zero attached hydrogens (tertiary/aromatic N) is 2. The zero-order valence-electron chi connectivity index (χ0n) is 15.5. The number of benzene rings is 2. The third-order valence-corrected chi connectivity index (χ3v) is 5.46. The zero-order valence-corrected chi connectivity index (χ0v) is 15.5. The summed E-state index contributed by atoms with van der Waals surface area (Å²) in [5, 5.41) is 3.14. The van der Waals surface area contributed by atoms with Crippen LogP contribution < -0.4 is 10.2 Å². The minimum Gasteiger partial charge on any atom is -0.371 e. The number of carbonyl (C=O) groups excluding carboxylic acids is 1. The third kappa shape index (κ3) is 4.59. The minimum absolute atomic E-state index is 0.0000129. The number of carbonyl (C=O) groups is 1. The van der Waals surface area contributed by atoms with Gasteiger partial charge in [0.2, 0.25) is 0 Å². The van der Waals surface area contributed by atoms with E-state index >= 15 is 0 Å². The Morgan fingerprint density at radius 2 is 1.81 bits per heavy atom. The summed E-state index contributed by atoms with van der Waals surface area (Å²) in [7, 11) is 0. The van der Waals surface area contributed by atoms with Gasteiger partial charge in [-0.3, -0.25) is 0 Å². The highest BCUT2D eigenvalue weighted by Gasteiger charge is 2.33. The molecule has 2 aromatic carbocycles. The van der Waals surface area contributed by atoms with Crippen LogP contribution in [0.3, 0.4) is 0 Å². The van der Waals surface area contributed by atoms with Gasteiger partial charge >= 0.3 is 6.03 Å². The molecule has 0 spiro atoms. The Morgan fingerprint density at radius 3 is 2.52 bits per heavy atom. The number of para-hydroxylation sites is 1. The molecule has 1 heterocycles. The molecular weight excluding hydrogens is 341 g/mol. The van der Waals surface area contributed by atoms with E-state index in [9.17, 15) is 9.18 Å². The topological polar surface area (TPSA) is 35.6 Å². The molecule has 1 aliphatic heterocycles. The number of urea groups is 1. The smallest absolute Gasteiger partial charge is 0.317 e. The monoisotopic (exact) mass is 367 g/mol. The highest BCUT2D eigenvalue weighted by molar-refractivity contribution is 5.75. The lowest BCUT2D eigenvalue weighted by Crippen LogP contribution is -2.43. The number of nitrogens with one attached hydrogen (secondary N) is 1. The molecule has 1 aliphatic carbocycles. The number of hydrogen-bond acceptors (Lipinski definition) is 2. The summed E-state index contributed by atoms with van der Waals surface area (Å²) in [6.07, 6.45) is 3.20. The largest absolute Gasteiger partial charge is 0.371 e. The van der Waals surface area contributed by atoms with E-state index in [1.54, 1.807) is 12.1 Å². The van der Waals surface area contributed by atoms with Crippen molar-refractivity contribution in [1.82, 2.24) is 10.2 Å². The summed E-state index contributed by atoms with van der Waals surface area (Å²) < 4.78 is 13.1. The van der Waals surface area contributed by atoms with Gasteiger partial charge in [0.05, 0.1) is 0 Å². The SMILES string of the molecule is O=C(NCC1CCN(c2ccccc2)C1)N(Cc1ccc(F)cc1)C1CC1. The van der Waals surface area contributed by atoms with Crippen molar-refractivity contribution in [2.24, 2.45) is 5.92 Å². The quantitative estimate of drug-likeness (QED) is 0.837. The van der Waals surface area contributed by atoms with Crippen molar-refractivity contribution < 1.29 is 9.18 Å². The fourth-order valence-corrected chi connectivity index (χ4v) is 3.75. The van der Waals surface area contributed by atoms with Gasteiger partial charge in [-0.2, -0.15) is 0 Å². The fraction of sp³-hybridized carbons (Fsp3) is 0.409. The molecule has 2 fully saturated rings. The van der Waals surface area contributed by atoms with E-state index in [4.69, 9.17) is 0 Å². The van der Waals surface area contributed by atoms with Gasteiger partial charge in [-0.15, -0.1) is 0 Å². The van der Waals surface area contributed by atoms with Crippen molar-refractivity contribution in [3.8, 4) is 0 Å². The second kappa shape index (κ2) is 7.99. The van der Waals surface area contributed by atoms with Crippen LogP contribution in [0.1, 0.15) is 24.8 Å². The number of hydrogen-bond donors (Lipinski definition) is 1. The number of amides is 2. The summed E-state index contributed by atoms with van der Waals surface area (Å²) in [4.78, 5) is 17.0. The van der Waals surface area contributed by atoms with Gasteiger partial charge in [0.15, 0.2) is 0 Å². The van der Waals surface area contributed by atoms with E-state index in [2.05, 4.69) is 34.5 Å². The maximum Gasteiger partial charge on any atom is 0.317 e. The first-order valence-electron chi connectivity index (χ1n) is 9.78. The average Bonchev–Trinajstić information content (AvgIpc) is 3.43. The molecule has 0 bridgehead atoms. The van der Waals surface area contributed by atoms with E-state index in [-0.39, 0.29) is 11.8 Å². The molecule has 142 valence electrons. The van der Waals surface area contributed by atoms with E-state index in [1.807, 2.05) is 11.0 Å². The predicted octanol–water partition coefficient (Wildman–Crippen LogP) is 4.03. The van der Waals surface area contributed by atoms with Crippen LogP contribution in [0.25, 0.3) is 0 Å². The third-order valence-electron chi connectivity index (χ3n) is 5.46. The Hall–Kier alpha value is -2.56. The lowest BCUT2D eigenvalue weighted by atomic mass is 10.1. The van der Waals surface area contributed by atoms with Gasteiger partial charge in [-0.25, -0.2) is 9.18 Å². The average molecular weight is 367 g/mol. The van der Waals surface area contributed by atoms with Gasteiger partial charge < -0.3 is 15.1 Å². The van der Waals surface area contributed by atoms with Gasteiger partial charge in [0.25, 0.3) is 0 Å². The van der Waals surface area contributed by atoms with Crippen LogP contribution in [0.2, 0.25) is 0 Å². The summed E-state index contributed by atoms with van der Waals surface area (Å²) >= 11 is 0. The van der Waals surface area contributed by atoms with Crippen LogP contribution in [0.4, 0.5) is 14.9 Å². The van der Waals surface area contributed by atoms with Gasteiger partial charge in [-0.05, 0) is 55.0 Å².